The third-order valence-corrected chi connectivity index (χ3v) is 6.00. The average molecular weight is 405 g/mol. The zero-order valence-electron chi connectivity index (χ0n) is 16.5. The number of nitrogens with zero attached hydrogens (tertiary/aromatic N) is 2. The number of carbonyl (C=O) groups is 1. The fourth-order valence-corrected chi connectivity index (χ4v) is 4.29. The van der Waals surface area contributed by atoms with E-state index in [9.17, 15) is 13.2 Å². The Morgan fingerprint density at radius 2 is 1.96 bits per heavy atom. The lowest BCUT2D eigenvalue weighted by molar-refractivity contribution is 0.0500. The monoisotopic (exact) mass is 404 g/mol. The van der Waals surface area contributed by atoms with Crippen LogP contribution in [0.2, 0.25) is 0 Å². The Bertz CT molecular complexity index is 892. The minimum atomic E-state index is -3.47. The Kier molecular flexibility index (Phi) is 6.57. The molecule has 0 bridgehead atoms. The van der Waals surface area contributed by atoms with Gasteiger partial charge in [-0.1, -0.05) is 37.3 Å². The quantitative estimate of drug-likeness (QED) is 0.709. The summed E-state index contributed by atoms with van der Waals surface area (Å²) in [6, 6.07) is 13.2. The van der Waals surface area contributed by atoms with Crippen molar-refractivity contribution < 1.29 is 17.6 Å². The molecule has 6 nitrogen and oxygen atoms in total. The fourth-order valence-electron chi connectivity index (χ4n) is 3.74. The molecule has 1 aromatic heterocycles. The maximum Gasteiger partial charge on any atom is 0.289 e. The first-order valence-corrected chi connectivity index (χ1v) is 11.6. The second-order valence-electron chi connectivity index (χ2n) is 7.41. The van der Waals surface area contributed by atoms with E-state index in [1.54, 1.807) is 0 Å². The number of likely N-dealkylation sites (tertiary alicyclic amines) is 1. The SMILES string of the molecule is CCCN(C(=O)c1ccc(S(C)(=O)=O)o1)C1CCCN(Cc2ccccc2)C1. The smallest absolute Gasteiger partial charge is 0.289 e. The van der Waals surface area contributed by atoms with Crippen molar-refractivity contribution in [3.8, 4) is 0 Å². The molecule has 3 rings (SSSR count). The molecule has 2 aromatic rings. The lowest BCUT2D eigenvalue weighted by atomic mass is 10.0. The predicted octanol–water partition coefficient (Wildman–Crippen LogP) is 3.20. The molecule has 1 aliphatic heterocycles. The molecule has 1 amide bonds. The molecule has 28 heavy (non-hydrogen) atoms. The number of rotatable bonds is 7. The third-order valence-electron chi connectivity index (χ3n) is 5.05. The first-order valence-electron chi connectivity index (χ1n) is 9.75. The molecule has 0 spiro atoms. The summed E-state index contributed by atoms with van der Waals surface area (Å²) < 4.78 is 28.7. The van der Waals surface area contributed by atoms with Crippen molar-refractivity contribution in [2.75, 3.05) is 25.9 Å². The van der Waals surface area contributed by atoms with Crippen molar-refractivity contribution in [3.05, 3.63) is 53.8 Å². The second kappa shape index (κ2) is 8.92. The number of furan rings is 1. The van der Waals surface area contributed by atoms with Gasteiger partial charge in [-0.15, -0.1) is 0 Å². The van der Waals surface area contributed by atoms with Gasteiger partial charge in [0.1, 0.15) is 0 Å². The number of hydrogen-bond acceptors (Lipinski definition) is 5. The van der Waals surface area contributed by atoms with Crippen molar-refractivity contribution in [2.24, 2.45) is 0 Å². The van der Waals surface area contributed by atoms with Gasteiger partial charge in [0.25, 0.3) is 5.91 Å². The van der Waals surface area contributed by atoms with Gasteiger partial charge >= 0.3 is 0 Å². The van der Waals surface area contributed by atoms with Crippen molar-refractivity contribution >= 4 is 15.7 Å². The Hall–Kier alpha value is -2.12. The average Bonchev–Trinajstić information content (AvgIpc) is 3.17. The van der Waals surface area contributed by atoms with Crippen LogP contribution in [0.1, 0.15) is 42.3 Å². The first-order chi connectivity index (χ1) is 13.4. The summed E-state index contributed by atoms with van der Waals surface area (Å²) in [6.07, 6.45) is 3.88. The molecular formula is C21H28N2O4S. The number of benzene rings is 1. The summed E-state index contributed by atoms with van der Waals surface area (Å²) in [6.45, 7) is 5.34. The summed E-state index contributed by atoms with van der Waals surface area (Å²) in [5.74, 6) is -0.141. The highest BCUT2D eigenvalue weighted by Gasteiger charge is 2.30. The minimum Gasteiger partial charge on any atom is -0.440 e. The van der Waals surface area contributed by atoms with E-state index in [0.29, 0.717) is 6.54 Å². The van der Waals surface area contributed by atoms with Gasteiger partial charge in [0.05, 0.1) is 0 Å². The highest BCUT2D eigenvalue weighted by molar-refractivity contribution is 7.90. The van der Waals surface area contributed by atoms with Gasteiger partial charge in [-0.05, 0) is 43.5 Å². The van der Waals surface area contributed by atoms with E-state index in [1.165, 1.54) is 17.7 Å². The standard InChI is InChI=1S/C21H28N2O4S/c1-3-13-23(21(24)19-11-12-20(27-19)28(2,25)26)18-10-7-14-22(16-18)15-17-8-5-4-6-9-17/h4-6,8-9,11-12,18H,3,7,10,13-16H2,1-2H3. The summed E-state index contributed by atoms with van der Waals surface area (Å²) >= 11 is 0. The molecule has 0 N–H and O–H groups in total. The Balaban J connectivity index is 1.73. The molecule has 1 atom stereocenters. The highest BCUT2D eigenvalue weighted by atomic mass is 32.2. The third kappa shape index (κ3) is 5.02. The molecule has 0 aliphatic carbocycles. The van der Waals surface area contributed by atoms with E-state index < -0.39 is 9.84 Å². The topological polar surface area (TPSA) is 70.8 Å². The molecule has 1 saturated heterocycles. The molecular weight excluding hydrogens is 376 g/mol. The molecule has 152 valence electrons. The van der Waals surface area contributed by atoms with Crippen LogP contribution in [0, 0.1) is 0 Å². The molecule has 0 saturated carbocycles. The number of piperidine rings is 1. The normalized spacial score (nSPS) is 18.1. The Labute approximate surface area is 167 Å². The van der Waals surface area contributed by atoms with Crippen LogP contribution in [0.4, 0.5) is 0 Å². The lowest BCUT2D eigenvalue weighted by Gasteiger charge is -2.39. The van der Waals surface area contributed by atoms with Gasteiger partial charge in [0.15, 0.2) is 5.76 Å². The molecule has 1 unspecified atom stereocenters. The van der Waals surface area contributed by atoms with Gasteiger partial charge < -0.3 is 9.32 Å². The summed E-state index contributed by atoms with van der Waals surface area (Å²) in [5.41, 5.74) is 1.26. The predicted molar refractivity (Wildman–Crippen MR) is 108 cm³/mol. The Morgan fingerprint density at radius 3 is 2.61 bits per heavy atom. The lowest BCUT2D eigenvalue weighted by Crippen LogP contribution is -2.50. The number of sulfone groups is 1. The van der Waals surface area contributed by atoms with Gasteiger partial charge in [0.2, 0.25) is 14.9 Å². The van der Waals surface area contributed by atoms with Crippen LogP contribution in [-0.2, 0) is 16.4 Å². The highest BCUT2D eigenvalue weighted by Crippen LogP contribution is 2.22. The first kappa shape index (κ1) is 20.6. The van der Waals surface area contributed by atoms with Crippen molar-refractivity contribution in [3.63, 3.8) is 0 Å². The second-order valence-corrected chi connectivity index (χ2v) is 9.35. The van der Waals surface area contributed by atoms with Crippen LogP contribution in [0.3, 0.4) is 0 Å². The number of amides is 1. The molecule has 0 radical (unpaired) electrons. The van der Waals surface area contributed by atoms with E-state index in [1.807, 2.05) is 30.0 Å². The van der Waals surface area contributed by atoms with Gasteiger partial charge in [-0.2, -0.15) is 0 Å². The summed E-state index contributed by atoms with van der Waals surface area (Å²) in [4.78, 5) is 17.3. The Morgan fingerprint density at radius 1 is 1.21 bits per heavy atom. The molecule has 2 heterocycles. The van der Waals surface area contributed by atoms with Crippen LogP contribution in [-0.4, -0.2) is 56.1 Å². The summed E-state index contributed by atoms with van der Waals surface area (Å²) in [5, 5.41) is -0.165. The van der Waals surface area contributed by atoms with Crippen LogP contribution in [0.25, 0.3) is 0 Å². The van der Waals surface area contributed by atoms with Gasteiger partial charge in [0, 0.05) is 31.9 Å². The van der Waals surface area contributed by atoms with Crippen molar-refractivity contribution in [1.29, 1.82) is 0 Å². The maximum atomic E-state index is 13.1. The van der Waals surface area contributed by atoms with E-state index in [0.717, 1.165) is 45.2 Å². The van der Waals surface area contributed by atoms with E-state index in [2.05, 4.69) is 17.0 Å². The fraction of sp³-hybridized carbons (Fsp3) is 0.476. The van der Waals surface area contributed by atoms with Gasteiger partial charge in [-0.25, -0.2) is 8.42 Å². The van der Waals surface area contributed by atoms with E-state index in [-0.39, 0.29) is 22.8 Å². The van der Waals surface area contributed by atoms with Crippen molar-refractivity contribution in [1.82, 2.24) is 9.80 Å². The molecule has 7 heteroatoms. The number of carbonyl (C=O) groups excluding carboxylic acids is 1. The van der Waals surface area contributed by atoms with Crippen LogP contribution in [0.15, 0.2) is 52.0 Å². The molecule has 1 aromatic carbocycles. The summed E-state index contributed by atoms with van der Waals surface area (Å²) in [7, 11) is -3.47. The molecule has 1 fully saturated rings. The van der Waals surface area contributed by atoms with Crippen LogP contribution < -0.4 is 0 Å². The van der Waals surface area contributed by atoms with Crippen LogP contribution in [0.5, 0.6) is 0 Å². The molecule has 1 aliphatic rings. The van der Waals surface area contributed by atoms with E-state index >= 15 is 0 Å². The zero-order chi connectivity index (χ0) is 20.1. The van der Waals surface area contributed by atoms with Crippen molar-refractivity contribution in [2.45, 2.75) is 43.9 Å². The largest absolute Gasteiger partial charge is 0.440 e. The van der Waals surface area contributed by atoms with Crippen LogP contribution >= 0.6 is 0 Å². The van der Waals surface area contributed by atoms with E-state index in [4.69, 9.17) is 4.42 Å². The van der Waals surface area contributed by atoms with Gasteiger partial charge in [-0.3, -0.25) is 9.69 Å². The minimum absolute atomic E-state index is 0.0917. The maximum absolute atomic E-state index is 13.1. The number of hydrogen-bond donors (Lipinski definition) is 0. The zero-order valence-corrected chi connectivity index (χ0v) is 17.3.